The highest BCUT2D eigenvalue weighted by molar-refractivity contribution is 5.80. The first-order valence-electron chi connectivity index (χ1n) is 6.84. The fraction of sp³-hybridized carbons (Fsp3) is 0.846. The van der Waals surface area contributed by atoms with Gasteiger partial charge < -0.3 is 16.4 Å². The molecule has 3 unspecified atom stereocenters. The van der Waals surface area contributed by atoms with Crippen molar-refractivity contribution in [3.63, 3.8) is 0 Å². The van der Waals surface area contributed by atoms with Gasteiger partial charge in [-0.3, -0.25) is 9.59 Å². The molecule has 0 aromatic heterocycles. The molecule has 4 N–H and O–H groups in total. The highest BCUT2D eigenvalue weighted by Crippen LogP contribution is 2.29. The van der Waals surface area contributed by atoms with Crippen molar-refractivity contribution >= 4 is 11.8 Å². The summed E-state index contributed by atoms with van der Waals surface area (Å²) in [4.78, 5) is 23.2. The first-order chi connectivity index (χ1) is 8.54. The van der Waals surface area contributed by atoms with Gasteiger partial charge in [0.2, 0.25) is 11.8 Å². The van der Waals surface area contributed by atoms with Gasteiger partial charge in [-0.15, -0.1) is 0 Å². The molecule has 3 atom stereocenters. The quantitative estimate of drug-likeness (QED) is 0.664. The lowest BCUT2D eigenvalue weighted by atomic mass is 9.78. The van der Waals surface area contributed by atoms with Crippen LogP contribution in [0.15, 0.2) is 0 Å². The van der Waals surface area contributed by atoms with Gasteiger partial charge in [-0.2, -0.15) is 0 Å². The van der Waals surface area contributed by atoms with Crippen LogP contribution < -0.4 is 16.4 Å². The summed E-state index contributed by atoms with van der Waals surface area (Å²) in [6.07, 6.45) is 3.11. The molecule has 0 spiro atoms. The molecule has 0 aromatic rings. The molecule has 0 saturated heterocycles. The maximum atomic E-state index is 12.0. The van der Waals surface area contributed by atoms with Crippen molar-refractivity contribution in [1.82, 2.24) is 10.6 Å². The number of carbonyl (C=O) groups excluding carboxylic acids is 2. The minimum absolute atomic E-state index is 0.00277. The number of hydrogen-bond donors (Lipinski definition) is 3. The van der Waals surface area contributed by atoms with E-state index in [9.17, 15) is 9.59 Å². The Bertz CT molecular complexity index is 294. The molecule has 0 radical (unpaired) electrons. The standard InChI is InChI=1S/C13H25N3O2/c1-3-15-12(17)6-7-16-13(18)11-8-10(14)5-4-9(11)2/h9-11H,3-8,14H2,1-2H3,(H,15,17)(H,16,18). The van der Waals surface area contributed by atoms with Gasteiger partial charge in [0.15, 0.2) is 0 Å². The van der Waals surface area contributed by atoms with E-state index >= 15 is 0 Å². The van der Waals surface area contributed by atoms with E-state index in [2.05, 4.69) is 17.6 Å². The summed E-state index contributed by atoms with van der Waals surface area (Å²) in [6.45, 7) is 5.01. The Morgan fingerprint density at radius 1 is 1.28 bits per heavy atom. The van der Waals surface area contributed by atoms with Crippen LogP contribution in [0.5, 0.6) is 0 Å². The fourth-order valence-electron chi connectivity index (χ4n) is 2.44. The van der Waals surface area contributed by atoms with Gasteiger partial charge in [0.25, 0.3) is 0 Å². The van der Waals surface area contributed by atoms with Crippen LogP contribution in [0.2, 0.25) is 0 Å². The molecule has 0 heterocycles. The van der Waals surface area contributed by atoms with Gasteiger partial charge in [0.1, 0.15) is 0 Å². The third-order valence-electron chi connectivity index (χ3n) is 3.60. The lowest BCUT2D eigenvalue weighted by molar-refractivity contribution is -0.127. The molecule has 5 heteroatoms. The van der Waals surface area contributed by atoms with Gasteiger partial charge >= 0.3 is 0 Å². The van der Waals surface area contributed by atoms with Gasteiger partial charge in [-0.25, -0.2) is 0 Å². The molecule has 5 nitrogen and oxygen atoms in total. The van der Waals surface area contributed by atoms with E-state index in [-0.39, 0.29) is 23.8 Å². The first-order valence-corrected chi connectivity index (χ1v) is 6.84. The van der Waals surface area contributed by atoms with Crippen molar-refractivity contribution < 1.29 is 9.59 Å². The van der Waals surface area contributed by atoms with E-state index in [4.69, 9.17) is 5.73 Å². The molecular formula is C13H25N3O2. The molecule has 2 amide bonds. The summed E-state index contributed by atoms with van der Waals surface area (Å²) in [7, 11) is 0. The van der Waals surface area contributed by atoms with Crippen molar-refractivity contribution in [2.45, 2.75) is 45.6 Å². The summed E-state index contributed by atoms with van der Waals surface area (Å²) in [5.41, 5.74) is 5.90. The highest BCUT2D eigenvalue weighted by Gasteiger charge is 2.30. The Morgan fingerprint density at radius 2 is 2.00 bits per heavy atom. The zero-order valence-electron chi connectivity index (χ0n) is 11.4. The van der Waals surface area contributed by atoms with E-state index < -0.39 is 0 Å². The number of nitrogens with two attached hydrogens (primary N) is 1. The van der Waals surface area contributed by atoms with Crippen LogP contribution in [0.1, 0.15) is 39.5 Å². The van der Waals surface area contributed by atoms with E-state index in [1.165, 1.54) is 0 Å². The lowest BCUT2D eigenvalue weighted by Gasteiger charge is -2.31. The van der Waals surface area contributed by atoms with Crippen molar-refractivity contribution in [2.75, 3.05) is 13.1 Å². The van der Waals surface area contributed by atoms with Crippen molar-refractivity contribution in [3.8, 4) is 0 Å². The Balaban J connectivity index is 2.29. The Hall–Kier alpha value is -1.10. The van der Waals surface area contributed by atoms with Gasteiger partial charge in [0.05, 0.1) is 0 Å². The smallest absolute Gasteiger partial charge is 0.223 e. The predicted molar refractivity (Wildman–Crippen MR) is 70.8 cm³/mol. The third-order valence-corrected chi connectivity index (χ3v) is 3.60. The molecule has 1 aliphatic carbocycles. The molecule has 1 rings (SSSR count). The molecule has 1 fully saturated rings. The van der Waals surface area contributed by atoms with Crippen LogP contribution in [0.4, 0.5) is 0 Å². The monoisotopic (exact) mass is 255 g/mol. The van der Waals surface area contributed by atoms with E-state index in [1.807, 2.05) is 6.92 Å². The number of amides is 2. The van der Waals surface area contributed by atoms with E-state index in [0.717, 1.165) is 19.3 Å². The maximum absolute atomic E-state index is 12.0. The van der Waals surface area contributed by atoms with E-state index in [1.54, 1.807) is 0 Å². The molecule has 0 aliphatic heterocycles. The molecule has 104 valence electrons. The Kier molecular flexibility index (Phi) is 6.12. The Labute approximate surface area is 109 Å². The second-order valence-corrected chi connectivity index (χ2v) is 5.15. The minimum Gasteiger partial charge on any atom is -0.356 e. The summed E-state index contributed by atoms with van der Waals surface area (Å²) >= 11 is 0. The number of hydrogen-bond acceptors (Lipinski definition) is 3. The topological polar surface area (TPSA) is 84.2 Å². The summed E-state index contributed by atoms with van der Waals surface area (Å²) < 4.78 is 0. The fourth-order valence-corrected chi connectivity index (χ4v) is 2.44. The summed E-state index contributed by atoms with van der Waals surface area (Å²) in [5, 5.41) is 5.54. The second kappa shape index (κ2) is 7.36. The molecule has 0 aromatic carbocycles. The average Bonchev–Trinajstić information content (AvgIpc) is 2.32. The second-order valence-electron chi connectivity index (χ2n) is 5.15. The Morgan fingerprint density at radius 3 is 2.67 bits per heavy atom. The molecule has 0 bridgehead atoms. The number of rotatable bonds is 5. The SMILES string of the molecule is CCNC(=O)CCNC(=O)C1CC(N)CCC1C. The predicted octanol–water partition coefficient (Wildman–Crippen LogP) is 0.392. The van der Waals surface area contributed by atoms with Crippen molar-refractivity contribution in [1.29, 1.82) is 0 Å². The van der Waals surface area contributed by atoms with Gasteiger partial charge in [-0.05, 0) is 32.1 Å². The number of nitrogens with one attached hydrogen (secondary N) is 2. The van der Waals surface area contributed by atoms with Gasteiger partial charge in [0, 0.05) is 31.5 Å². The van der Waals surface area contributed by atoms with Crippen molar-refractivity contribution in [2.24, 2.45) is 17.6 Å². The van der Waals surface area contributed by atoms with Crippen molar-refractivity contribution in [3.05, 3.63) is 0 Å². The van der Waals surface area contributed by atoms with Crippen LogP contribution in [-0.2, 0) is 9.59 Å². The van der Waals surface area contributed by atoms with Crippen LogP contribution in [0.3, 0.4) is 0 Å². The van der Waals surface area contributed by atoms with Crippen LogP contribution in [0, 0.1) is 11.8 Å². The zero-order chi connectivity index (χ0) is 13.5. The molecule has 1 aliphatic rings. The first kappa shape index (κ1) is 15.0. The average molecular weight is 255 g/mol. The minimum atomic E-state index is -0.0220. The van der Waals surface area contributed by atoms with Crippen LogP contribution in [0.25, 0.3) is 0 Å². The zero-order valence-corrected chi connectivity index (χ0v) is 11.4. The molecule has 1 saturated carbocycles. The normalized spacial score (nSPS) is 27.6. The lowest BCUT2D eigenvalue weighted by Crippen LogP contribution is -2.42. The summed E-state index contributed by atoms with van der Waals surface area (Å²) in [6, 6.07) is 0.139. The maximum Gasteiger partial charge on any atom is 0.223 e. The summed E-state index contributed by atoms with van der Waals surface area (Å²) in [5.74, 6) is 0.408. The van der Waals surface area contributed by atoms with Crippen LogP contribution in [-0.4, -0.2) is 30.9 Å². The van der Waals surface area contributed by atoms with Gasteiger partial charge in [-0.1, -0.05) is 6.92 Å². The molecular weight excluding hydrogens is 230 g/mol. The van der Waals surface area contributed by atoms with E-state index in [0.29, 0.717) is 25.4 Å². The third kappa shape index (κ3) is 4.64. The highest BCUT2D eigenvalue weighted by atomic mass is 16.2. The van der Waals surface area contributed by atoms with Crippen LogP contribution >= 0.6 is 0 Å². The number of carbonyl (C=O) groups is 2. The molecule has 18 heavy (non-hydrogen) atoms. The largest absolute Gasteiger partial charge is 0.356 e.